The maximum absolute atomic E-state index is 13.2. The molecule has 0 atom stereocenters. The Labute approximate surface area is 320 Å². The Hall–Kier alpha value is -2.00. The van der Waals surface area contributed by atoms with Gasteiger partial charge in [-0.2, -0.15) is 0 Å². The quantitative estimate of drug-likeness (QED) is 0.0350. The zero-order valence-electron chi connectivity index (χ0n) is 34.8. The van der Waals surface area contributed by atoms with E-state index in [0.29, 0.717) is 45.7 Å². The van der Waals surface area contributed by atoms with Crippen LogP contribution in [0.4, 0.5) is 0 Å². The van der Waals surface area contributed by atoms with Gasteiger partial charge in [0.2, 0.25) is 5.78 Å². The maximum atomic E-state index is 13.2. The van der Waals surface area contributed by atoms with E-state index in [9.17, 15) is 19.2 Å². The highest BCUT2D eigenvalue weighted by atomic mass is 16.5. The Morgan fingerprint density at radius 3 is 1.21 bits per heavy atom. The maximum Gasteiger partial charge on any atom is 0.305 e. The molecule has 1 amide bonds. The molecule has 52 heavy (non-hydrogen) atoms. The summed E-state index contributed by atoms with van der Waals surface area (Å²) in [5.74, 6) is -0.838. The zero-order chi connectivity index (χ0) is 38.5. The Balaban J connectivity index is 4.35. The van der Waals surface area contributed by atoms with Crippen molar-refractivity contribution in [2.45, 2.75) is 187 Å². The minimum Gasteiger partial charge on any atom is -0.466 e. The molecule has 0 radical (unpaired) electrons. The molecule has 0 rings (SSSR count). The number of likely N-dealkylation sites (N-methyl/N-ethyl adjacent to an activating group) is 2. The summed E-state index contributed by atoms with van der Waals surface area (Å²) in [4.78, 5) is 56.3. The van der Waals surface area contributed by atoms with Gasteiger partial charge in [0.15, 0.2) is 0 Å². The third-order valence-electron chi connectivity index (χ3n) is 9.82. The van der Waals surface area contributed by atoms with Gasteiger partial charge >= 0.3 is 11.9 Å². The molecule has 0 N–H and O–H groups in total. The van der Waals surface area contributed by atoms with Crippen LogP contribution in [0.5, 0.6) is 0 Å². The smallest absolute Gasteiger partial charge is 0.305 e. The molecule has 0 bridgehead atoms. The summed E-state index contributed by atoms with van der Waals surface area (Å²) in [5, 5.41) is 0. The summed E-state index contributed by atoms with van der Waals surface area (Å²) in [6.07, 6.45) is 27.3. The van der Waals surface area contributed by atoms with Crippen LogP contribution in [0, 0.1) is 0 Å². The first-order chi connectivity index (χ1) is 25.2. The highest BCUT2D eigenvalue weighted by Gasteiger charge is 2.21. The van der Waals surface area contributed by atoms with E-state index in [4.69, 9.17) is 9.47 Å². The average Bonchev–Trinajstić information content (AvgIpc) is 3.13. The lowest BCUT2D eigenvalue weighted by molar-refractivity contribution is -0.145. The second-order valence-electron chi connectivity index (χ2n) is 15.3. The number of carbonyl (C=O) groups excluding carboxylic acids is 4. The molecule has 0 aliphatic carbocycles. The van der Waals surface area contributed by atoms with E-state index in [-0.39, 0.29) is 30.0 Å². The van der Waals surface area contributed by atoms with Crippen LogP contribution in [0.25, 0.3) is 0 Å². The second-order valence-corrected chi connectivity index (χ2v) is 15.3. The SMILES string of the molecule is CCCCCCCCCOC(=O)CCCCCCCN(CCCCCCCC(=O)OCCCCCCCCC)C(=O)C(=O)CCN(C)CCN(C)C. The number of amides is 1. The number of unbranched alkanes of at least 4 members (excludes halogenated alkanes) is 20. The predicted molar refractivity (Wildman–Crippen MR) is 216 cm³/mol. The number of nitrogens with zero attached hydrogens (tertiary/aromatic N) is 3. The number of hydrogen-bond donors (Lipinski definition) is 0. The Morgan fingerprint density at radius 2 is 0.788 bits per heavy atom. The van der Waals surface area contributed by atoms with Gasteiger partial charge in [0.1, 0.15) is 0 Å². The molecule has 0 spiro atoms. The average molecular weight is 738 g/mol. The van der Waals surface area contributed by atoms with E-state index >= 15 is 0 Å². The van der Waals surface area contributed by atoms with Crippen molar-refractivity contribution in [3.05, 3.63) is 0 Å². The number of Topliss-reactive ketones (excluding diaryl/α,β-unsaturated/α-hetero) is 1. The molecule has 9 nitrogen and oxygen atoms in total. The lowest BCUT2D eigenvalue weighted by Crippen LogP contribution is -2.39. The fourth-order valence-electron chi connectivity index (χ4n) is 6.21. The topological polar surface area (TPSA) is 96.5 Å². The molecule has 0 aliphatic heterocycles. The van der Waals surface area contributed by atoms with Crippen molar-refractivity contribution < 1.29 is 28.7 Å². The summed E-state index contributed by atoms with van der Waals surface area (Å²) >= 11 is 0. The predicted octanol–water partition coefficient (Wildman–Crippen LogP) is 9.54. The number of rotatable bonds is 39. The van der Waals surface area contributed by atoms with Crippen molar-refractivity contribution in [3.8, 4) is 0 Å². The number of ketones is 1. The van der Waals surface area contributed by atoms with Gasteiger partial charge in [-0.25, -0.2) is 0 Å². The second kappa shape index (κ2) is 37.3. The highest BCUT2D eigenvalue weighted by molar-refractivity contribution is 6.36. The molecule has 9 heteroatoms. The first-order valence-corrected chi connectivity index (χ1v) is 21.7. The van der Waals surface area contributed by atoms with Crippen molar-refractivity contribution in [1.29, 1.82) is 0 Å². The summed E-state index contributed by atoms with van der Waals surface area (Å²) in [7, 11) is 6.05. The first kappa shape index (κ1) is 50.0. The molecular formula is C43H83N3O6. The molecule has 0 aliphatic rings. The Morgan fingerprint density at radius 1 is 0.404 bits per heavy atom. The normalized spacial score (nSPS) is 11.4. The Kier molecular flexibility index (Phi) is 35.9. The molecule has 0 fully saturated rings. The minimum absolute atomic E-state index is 0.0904. The van der Waals surface area contributed by atoms with Crippen LogP contribution < -0.4 is 0 Å². The molecule has 306 valence electrons. The molecule has 0 unspecified atom stereocenters. The van der Waals surface area contributed by atoms with E-state index in [1.54, 1.807) is 4.90 Å². The van der Waals surface area contributed by atoms with Crippen molar-refractivity contribution >= 4 is 23.6 Å². The lowest BCUT2D eigenvalue weighted by Gasteiger charge is -2.23. The van der Waals surface area contributed by atoms with Gasteiger partial charge in [-0.1, -0.05) is 129 Å². The summed E-state index contributed by atoms with van der Waals surface area (Å²) in [6, 6.07) is 0. The molecule has 0 aromatic rings. The van der Waals surface area contributed by atoms with Gasteiger partial charge in [0, 0.05) is 52.0 Å². The molecular weight excluding hydrogens is 654 g/mol. The number of carbonyl (C=O) groups is 4. The van der Waals surface area contributed by atoms with Gasteiger partial charge in [-0.05, 0) is 59.7 Å². The third kappa shape index (κ3) is 33.8. The molecule has 0 saturated heterocycles. The van der Waals surface area contributed by atoms with Crippen LogP contribution in [-0.4, -0.2) is 105 Å². The van der Waals surface area contributed by atoms with Gasteiger partial charge in [-0.3, -0.25) is 19.2 Å². The van der Waals surface area contributed by atoms with Crippen molar-refractivity contribution in [1.82, 2.24) is 14.7 Å². The van der Waals surface area contributed by atoms with Crippen LogP contribution in [0.1, 0.15) is 187 Å². The standard InChI is InChI=1S/C43H83N3O6/c1-6-8-10-12-14-22-28-38-51-41(48)30-24-18-16-20-26-33-46(43(50)40(47)32-35-45(5)37-36-44(3)4)34-27-21-17-19-25-31-42(49)52-39-29-23-15-13-11-9-7-2/h6-39H2,1-5H3. The van der Waals surface area contributed by atoms with E-state index < -0.39 is 0 Å². The van der Waals surface area contributed by atoms with Gasteiger partial charge < -0.3 is 24.2 Å². The van der Waals surface area contributed by atoms with Gasteiger partial charge in [-0.15, -0.1) is 0 Å². The van der Waals surface area contributed by atoms with E-state index in [1.165, 1.54) is 64.2 Å². The van der Waals surface area contributed by atoms with Crippen LogP contribution in [0.3, 0.4) is 0 Å². The lowest BCUT2D eigenvalue weighted by atomic mass is 10.1. The minimum atomic E-state index is -0.353. The van der Waals surface area contributed by atoms with E-state index in [2.05, 4.69) is 23.6 Å². The van der Waals surface area contributed by atoms with Gasteiger partial charge in [0.25, 0.3) is 5.91 Å². The van der Waals surface area contributed by atoms with Crippen LogP contribution in [0.15, 0.2) is 0 Å². The number of esters is 2. The number of ether oxygens (including phenoxy) is 2. The van der Waals surface area contributed by atoms with E-state index in [0.717, 1.165) is 103 Å². The number of hydrogen-bond acceptors (Lipinski definition) is 8. The zero-order valence-corrected chi connectivity index (χ0v) is 34.8. The first-order valence-electron chi connectivity index (χ1n) is 21.7. The molecule has 0 heterocycles. The largest absolute Gasteiger partial charge is 0.466 e. The summed E-state index contributed by atoms with van der Waals surface area (Å²) in [6.45, 7) is 9.04. The Bertz CT molecular complexity index is 822. The molecule has 0 aromatic carbocycles. The fourth-order valence-corrected chi connectivity index (χ4v) is 6.21. The van der Waals surface area contributed by atoms with Crippen LogP contribution in [-0.2, 0) is 28.7 Å². The highest BCUT2D eigenvalue weighted by Crippen LogP contribution is 2.13. The van der Waals surface area contributed by atoms with Crippen molar-refractivity contribution in [2.75, 3.05) is 67.1 Å². The summed E-state index contributed by atoms with van der Waals surface area (Å²) in [5.41, 5.74) is 0. The van der Waals surface area contributed by atoms with Gasteiger partial charge in [0.05, 0.1) is 13.2 Å². The van der Waals surface area contributed by atoms with Crippen molar-refractivity contribution in [3.63, 3.8) is 0 Å². The third-order valence-corrected chi connectivity index (χ3v) is 9.82. The molecule has 0 aromatic heterocycles. The van der Waals surface area contributed by atoms with Crippen LogP contribution in [0.2, 0.25) is 0 Å². The molecule has 0 saturated carbocycles. The van der Waals surface area contributed by atoms with Crippen molar-refractivity contribution in [2.24, 2.45) is 0 Å². The fraction of sp³-hybridized carbons (Fsp3) is 0.907. The monoisotopic (exact) mass is 738 g/mol. The van der Waals surface area contributed by atoms with E-state index in [1.807, 2.05) is 21.1 Å². The van der Waals surface area contributed by atoms with Crippen LogP contribution >= 0.6 is 0 Å². The summed E-state index contributed by atoms with van der Waals surface area (Å²) < 4.78 is 10.8.